The Hall–Kier alpha value is -1.31. The fourth-order valence-electron chi connectivity index (χ4n) is 2.41. The summed E-state index contributed by atoms with van der Waals surface area (Å²) in [6.45, 7) is 6.69. The smallest absolute Gasteiger partial charge is 0.109 e. The molecule has 16 heavy (non-hydrogen) atoms. The van der Waals surface area contributed by atoms with Crippen LogP contribution in [0.25, 0.3) is 11.0 Å². The molecule has 0 saturated carbocycles. The van der Waals surface area contributed by atoms with Gasteiger partial charge < -0.3 is 4.57 Å². The van der Waals surface area contributed by atoms with Crippen molar-refractivity contribution in [3.05, 3.63) is 30.1 Å². The van der Waals surface area contributed by atoms with E-state index in [0.717, 1.165) is 11.9 Å². The summed E-state index contributed by atoms with van der Waals surface area (Å²) in [5.41, 5.74) is 2.42. The highest BCUT2D eigenvalue weighted by molar-refractivity contribution is 5.76. The fraction of sp³-hybridized carbons (Fsp3) is 0.500. The number of imidazole rings is 1. The van der Waals surface area contributed by atoms with Crippen molar-refractivity contribution in [2.75, 3.05) is 0 Å². The van der Waals surface area contributed by atoms with Crippen LogP contribution in [0.2, 0.25) is 0 Å². The number of fused-ring (bicyclic) bond motifs is 1. The van der Waals surface area contributed by atoms with Gasteiger partial charge in [0.1, 0.15) is 5.82 Å². The van der Waals surface area contributed by atoms with Crippen molar-refractivity contribution in [2.45, 2.75) is 46.1 Å². The van der Waals surface area contributed by atoms with E-state index in [-0.39, 0.29) is 0 Å². The molecule has 0 amide bonds. The van der Waals surface area contributed by atoms with Crippen molar-refractivity contribution in [1.29, 1.82) is 0 Å². The van der Waals surface area contributed by atoms with Crippen molar-refractivity contribution in [3.63, 3.8) is 0 Å². The van der Waals surface area contributed by atoms with Gasteiger partial charge in [0.15, 0.2) is 0 Å². The SMILES string of the molecule is CCc1nc2ccccc2n1C(CC)CC. The molecular formula is C14H20N2. The zero-order chi connectivity index (χ0) is 11.5. The molecule has 0 radical (unpaired) electrons. The van der Waals surface area contributed by atoms with Crippen molar-refractivity contribution in [1.82, 2.24) is 9.55 Å². The van der Waals surface area contributed by atoms with E-state index in [9.17, 15) is 0 Å². The number of aryl methyl sites for hydroxylation is 1. The van der Waals surface area contributed by atoms with Gasteiger partial charge >= 0.3 is 0 Å². The first-order valence-electron chi connectivity index (χ1n) is 6.27. The Morgan fingerprint density at radius 1 is 1.12 bits per heavy atom. The average molecular weight is 216 g/mol. The van der Waals surface area contributed by atoms with E-state index >= 15 is 0 Å². The summed E-state index contributed by atoms with van der Waals surface area (Å²) in [6.07, 6.45) is 3.35. The molecule has 0 saturated heterocycles. The van der Waals surface area contributed by atoms with E-state index in [1.165, 1.54) is 24.2 Å². The zero-order valence-corrected chi connectivity index (χ0v) is 10.4. The topological polar surface area (TPSA) is 17.8 Å². The first kappa shape index (κ1) is 11.2. The highest BCUT2D eigenvalue weighted by Crippen LogP contribution is 2.25. The number of hydrogen-bond acceptors (Lipinski definition) is 1. The molecule has 2 rings (SSSR count). The van der Waals surface area contributed by atoms with Crippen LogP contribution in [0.4, 0.5) is 0 Å². The second kappa shape index (κ2) is 4.69. The van der Waals surface area contributed by atoms with Gasteiger partial charge in [-0.3, -0.25) is 0 Å². The third-order valence-corrected chi connectivity index (χ3v) is 3.29. The molecule has 1 aromatic carbocycles. The molecule has 0 atom stereocenters. The molecule has 2 nitrogen and oxygen atoms in total. The Morgan fingerprint density at radius 3 is 2.44 bits per heavy atom. The van der Waals surface area contributed by atoms with Gasteiger partial charge in [0.2, 0.25) is 0 Å². The predicted molar refractivity (Wildman–Crippen MR) is 68.7 cm³/mol. The molecule has 0 spiro atoms. The van der Waals surface area contributed by atoms with Crippen LogP contribution in [0.1, 0.15) is 45.5 Å². The maximum atomic E-state index is 4.71. The minimum Gasteiger partial charge on any atom is -0.325 e. The van der Waals surface area contributed by atoms with Crippen LogP contribution in [-0.2, 0) is 6.42 Å². The Kier molecular flexibility index (Phi) is 3.28. The number of nitrogens with zero attached hydrogens (tertiary/aromatic N) is 2. The standard InChI is InChI=1S/C14H20N2/c1-4-11(5-2)16-13-10-8-7-9-12(13)15-14(16)6-3/h7-11H,4-6H2,1-3H3. The molecule has 2 heteroatoms. The van der Waals surface area contributed by atoms with Gasteiger partial charge in [-0.25, -0.2) is 4.98 Å². The quantitative estimate of drug-likeness (QED) is 0.756. The fourth-order valence-corrected chi connectivity index (χ4v) is 2.41. The Bertz CT molecular complexity index is 467. The first-order chi connectivity index (χ1) is 7.81. The Balaban J connectivity index is 2.63. The highest BCUT2D eigenvalue weighted by Gasteiger charge is 2.14. The van der Waals surface area contributed by atoms with E-state index in [2.05, 4.69) is 49.6 Å². The summed E-state index contributed by atoms with van der Waals surface area (Å²) in [5.74, 6) is 1.22. The van der Waals surface area contributed by atoms with Crippen molar-refractivity contribution in [3.8, 4) is 0 Å². The third kappa shape index (κ3) is 1.73. The lowest BCUT2D eigenvalue weighted by Crippen LogP contribution is -2.10. The minimum absolute atomic E-state index is 0.586. The van der Waals surface area contributed by atoms with Gasteiger partial charge in [-0.2, -0.15) is 0 Å². The Labute approximate surface area is 97.3 Å². The second-order valence-electron chi connectivity index (χ2n) is 4.21. The van der Waals surface area contributed by atoms with Crippen LogP contribution in [0.5, 0.6) is 0 Å². The number of aromatic nitrogens is 2. The summed E-state index contributed by atoms with van der Waals surface area (Å²) < 4.78 is 2.43. The van der Waals surface area contributed by atoms with Crippen LogP contribution in [0.15, 0.2) is 24.3 Å². The molecule has 2 aromatic rings. The lowest BCUT2D eigenvalue weighted by molar-refractivity contribution is 0.468. The van der Waals surface area contributed by atoms with Crippen molar-refractivity contribution < 1.29 is 0 Å². The van der Waals surface area contributed by atoms with Crippen LogP contribution >= 0.6 is 0 Å². The number of rotatable bonds is 4. The summed E-state index contributed by atoms with van der Waals surface area (Å²) in [5, 5.41) is 0. The van der Waals surface area contributed by atoms with Gasteiger partial charge in [0.05, 0.1) is 11.0 Å². The van der Waals surface area contributed by atoms with E-state index in [4.69, 9.17) is 4.98 Å². The molecule has 0 fully saturated rings. The third-order valence-electron chi connectivity index (χ3n) is 3.29. The normalized spacial score (nSPS) is 11.5. The molecule has 0 aliphatic heterocycles. The van der Waals surface area contributed by atoms with Crippen LogP contribution < -0.4 is 0 Å². The molecule has 0 aliphatic carbocycles. The minimum atomic E-state index is 0.586. The molecule has 0 bridgehead atoms. The van der Waals surface area contributed by atoms with Gasteiger partial charge in [-0.15, -0.1) is 0 Å². The second-order valence-corrected chi connectivity index (χ2v) is 4.21. The van der Waals surface area contributed by atoms with Crippen molar-refractivity contribution >= 4 is 11.0 Å². The molecule has 0 N–H and O–H groups in total. The maximum absolute atomic E-state index is 4.71. The van der Waals surface area contributed by atoms with E-state index in [1.807, 2.05) is 0 Å². The average Bonchev–Trinajstić information content (AvgIpc) is 2.70. The van der Waals surface area contributed by atoms with Crippen LogP contribution in [0.3, 0.4) is 0 Å². The molecule has 1 aromatic heterocycles. The van der Waals surface area contributed by atoms with Gasteiger partial charge in [-0.1, -0.05) is 32.9 Å². The van der Waals surface area contributed by atoms with E-state index in [0.29, 0.717) is 6.04 Å². The van der Waals surface area contributed by atoms with Crippen molar-refractivity contribution in [2.24, 2.45) is 0 Å². The van der Waals surface area contributed by atoms with Gasteiger partial charge in [0.25, 0.3) is 0 Å². The van der Waals surface area contributed by atoms with Crippen LogP contribution in [-0.4, -0.2) is 9.55 Å². The lowest BCUT2D eigenvalue weighted by Gasteiger charge is -2.18. The van der Waals surface area contributed by atoms with Gasteiger partial charge in [-0.05, 0) is 25.0 Å². The zero-order valence-electron chi connectivity index (χ0n) is 10.4. The number of para-hydroxylation sites is 2. The maximum Gasteiger partial charge on any atom is 0.109 e. The summed E-state index contributed by atoms with van der Waals surface area (Å²) >= 11 is 0. The van der Waals surface area contributed by atoms with Gasteiger partial charge in [0, 0.05) is 12.5 Å². The molecule has 1 heterocycles. The first-order valence-corrected chi connectivity index (χ1v) is 6.27. The molecule has 86 valence electrons. The van der Waals surface area contributed by atoms with Crippen LogP contribution in [0, 0.1) is 0 Å². The highest BCUT2D eigenvalue weighted by atomic mass is 15.1. The predicted octanol–water partition coefficient (Wildman–Crippen LogP) is 3.96. The summed E-state index contributed by atoms with van der Waals surface area (Å²) in [4.78, 5) is 4.71. The van der Waals surface area contributed by atoms with E-state index in [1.54, 1.807) is 0 Å². The lowest BCUT2D eigenvalue weighted by atomic mass is 10.1. The largest absolute Gasteiger partial charge is 0.325 e. The summed E-state index contributed by atoms with van der Waals surface area (Å²) in [6, 6.07) is 9.03. The number of benzene rings is 1. The molecular weight excluding hydrogens is 196 g/mol. The monoisotopic (exact) mass is 216 g/mol. The Morgan fingerprint density at radius 2 is 1.81 bits per heavy atom. The molecule has 0 aliphatic rings. The number of hydrogen-bond donors (Lipinski definition) is 0. The molecule has 0 unspecified atom stereocenters. The van der Waals surface area contributed by atoms with E-state index < -0.39 is 0 Å². The summed E-state index contributed by atoms with van der Waals surface area (Å²) in [7, 11) is 0.